The molecule has 0 radical (unpaired) electrons. The van der Waals surface area contributed by atoms with Gasteiger partial charge < -0.3 is 10.1 Å². The SMILES string of the molecule is COc1ccc(CCC(=O)NC(C)c2ccccn2)cc1. The molecule has 110 valence electrons. The van der Waals surface area contributed by atoms with Gasteiger partial charge in [0.05, 0.1) is 18.8 Å². The van der Waals surface area contributed by atoms with E-state index < -0.39 is 0 Å². The minimum Gasteiger partial charge on any atom is -0.497 e. The highest BCUT2D eigenvalue weighted by atomic mass is 16.5. The number of nitrogens with zero attached hydrogens (tertiary/aromatic N) is 1. The van der Waals surface area contributed by atoms with Crippen LogP contribution in [0.2, 0.25) is 0 Å². The Hall–Kier alpha value is -2.36. The summed E-state index contributed by atoms with van der Waals surface area (Å²) < 4.78 is 5.11. The molecule has 1 aromatic carbocycles. The molecule has 2 aromatic rings. The average Bonchev–Trinajstić information content (AvgIpc) is 2.54. The molecule has 4 nitrogen and oxygen atoms in total. The lowest BCUT2D eigenvalue weighted by Gasteiger charge is -2.13. The second kappa shape index (κ2) is 7.43. The van der Waals surface area contributed by atoms with E-state index in [9.17, 15) is 4.79 Å². The number of aromatic nitrogens is 1. The van der Waals surface area contributed by atoms with Gasteiger partial charge in [-0.1, -0.05) is 18.2 Å². The average molecular weight is 284 g/mol. The summed E-state index contributed by atoms with van der Waals surface area (Å²) in [4.78, 5) is 16.2. The number of nitrogens with one attached hydrogen (secondary N) is 1. The fourth-order valence-corrected chi connectivity index (χ4v) is 2.07. The van der Waals surface area contributed by atoms with Crippen LogP contribution in [0.25, 0.3) is 0 Å². The maximum Gasteiger partial charge on any atom is 0.220 e. The number of aryl methyl sites for hydroxylation is 1. The third-order valence-electron chi connectivity index (χ3n) is 3.31. The summed E-state index contributed by atoms with van der Waals surface area (Å²) in [6, 6.07) is 13.4. The van der Waals surface area contributed by atoms with Gasteiger partial charge in [0.25, 0.3) is 0 Å². The highest BCUT2D eigenvalue weighted by Gasteiger charge is 2.10. The molecule has 4 heteroatoms. The second-order valence-electron chi connectivity index (χ2n) is 4.89. The Morgan fingerprint density at radius 2 is 2.00 bits per heavy atom. The minimum atomic E-state index is -0.0745. The summed E-state index contributed by atoms with van der Waals surface area (Å²) in [7, 11) is 1.64. The number of hydrogen-bond acceptors (Lipinski definition) is 3. The fourth-order valence-electron chi connectivity index (χ4n) is 2.07. The molecule has 1 N–H and O–H groups in total. The molecule has 0 aliphatic rings. The van der Waals surface area contributed by atoms with E-state index in [-0.39, 0.29) is 11.9 Å². The normalized spacial score (nSPS) is 11.7. The number of benzene rings is 1. The van der Waals surface area contributed by atoms with Gasteiger partial charge >= 0.3 is 0 Å². The molecule has 0 spiro atoms. The maximum atomic E-state index is 12.0. The van der Waals surface area contributed by atoms with E-state index in [1.807, 2.05) is 49.4 Å². The zero-order valence-electron chi connectivity index (χ0n) is 12.4. The summed E-state index contributed by atoms with van der Waals surface area (Å²) in [5, 5.41) is 2.96. The topological polar surface area (TPSA) is 51.2 Å². The number of rotatable bonds is 6. The quantitative estimate of drug-likeness (QED) is 0.887. The van der Waals surface area contributed by atoms with Gasteiger partial charge in [-0.05, 0) is 43.2 Å². The predicted octanol–water partition coefficient (Wildman–Crippen LogP) is 2.90. The first-order valence-electron chi connectivity index (χ1n) is 7.02. The van der Waals surface area contributed by atoms with E-state index in [1.165, 1.54) is 0 Å². The summed E-state index contributed by atoms with van der Waals surface area (Å²) in [6.45, 7) is 1.94. The van der Waals surface area contributed by atoms with Crippen LogP contribution < -0.4 is 10.1 Å². The molecule has 1 unspecified atom stereocenters. The Morgan fingerprint density at radius 1 is 1.24 bits per heavy atom. The van der Waals surface area contributed by atoms with Crippen LogP contribution in [0.4, 0.5) is 0 Å². The van der Waals surface area contributed by atoms with Crippen LogP contribution in [0.3, 0.4) is 0 Å². The van der Waals surface area contributed by atoms with E-state index in [4.69, 9.17) is 4.74 Å². The molecule has 0 aliphatic heterocycles. The standard InChI is InChI=1S/C17H20N2O2/c1-13(16-5-3-4-12-18-16)19-17(20)11-8-14-6-9-15(21-2)10-7-14/h3-7,9-10,12-13H,8,11H2,1-2H3,(H,19,20). The molecule has 0 fully saturated rings. The maximum absolute atomic E-state index is 12.0. The molecule has 1 amide bonds. The van der Waals surface area contributed by atoms with Crippen molar-refractivity contribution in [3.8, 4) is 5.75 Å². The van der Waals surface area contributed by atoms with Crippen molar-refractivity contribution in [2.45, 2.75) is 25.8 Å². The lowest BCUT2D eigenvalue weighted by molar-refractivity contribution is -0.121. The van der Waals surface area contributed by atoms with Crippen LogP contribution in [0.1, 0.15) is 30.6 Å². The lowest BCUT2D eigenvalue weighted by atomic mass is 10.1. The predicted molar refractivity (Wildman–Crippen MR) is 82.1 cm³/mol. The molecule has 0 aliphatic carbocycles. The van der Waals surface area contributed by atoms with Crippen molar-refractivity contribution in [3.63, 3.8) is 0 Å². The zero-order chi connectivity index (χ0) is 15.1. The van der Waals surface area contributed by atoms with Crippen molar-refractivity contribution in [2.75, 3.05) is 7.11 Å². The minimum absolute atomic E-state index is 0.0315. The van der Waals surface area contributed by atoms with Crippen LogP contribution in [0.15, 0.2) is 48.7 Å². The fraction of sp³-hybridized carbons (Fsp3) is 0.294. The third-order valence-corrected chi connectivity index (χ3v) is 3.31. The van der Waals surface area contributed by atoms with Crippen molar-refractivity contribution in [3.05, 3.63) is 59.9 Å². The van der Waals surface area contributed by atoms with Crippen molar-refractivity contribution in [1.82, 2.24) is 10.3 Å². The highest BCUT2D eigenvalue weighted by molar-refractivity contribution is 5.76. The molecule has 0 saturated heterocycles. The van der Waals surface area contributed by atoms with Crippen LogP contribution in [0, 0.1) is 0 Å². The molecule has 1 aromatic heterocycles. The number of carbonyl (C=O) groups is 1. The summed E-state index contributed by atoms with van der Waals surface area (Å²) in [5.41, 5.74) is 1.99. The summed E-state index contributed by atoms with van der Waals surface area (Å²) in [6.07, 6.45) is 2.91. The van der Waals surface area contributed by atoms with Crippen molar-refractivity contribution < 1.29 is 9.53 Å². The Bertz CT molecular complexity index is 567. The van der Waals surface area contributed by atoms with Gasteiger partial charge in [-0.3, -0.25) is 9.78 Å². The first-order valence-corrected chi connectivity index (χ1v) is 7.02. The molecule has 1 atom stereocenters. The number of amides is 1. The van der Waals surface area contributed by atoms with Gasteiger partial charge in [0, 0.05) is 12.6 Å². The van der Waals surface area contributed by atoms with E-state index in [1.54, 1.807) is 13.3 Å². The van der Waals surface area contributed by atoms with E-state index in [0.717, 1.165) is 17.0 Å². The zero-order valence-corrected chi connectivity index (χ0v) is 12.4. The van der Waals surface area contributed by atoms with E-state index in [2.05, 4.69) is 10.3 Å². The van der Waals surface area contributed by atoms with Crippen LogP contribution in [-0.4, -0.2) is 18.0 Å². The van der Waals surface area contributed by atoms with Crippen LogP contribution >= 0.6 is 0 Å². The summed E-state index contributed by atoms with van der Waals surface area (Å²) >= 11 is 0. The molecule has 21 heavy (non-hydrogen) atoms. The number of hydrogen-bond donors (Lipinski definition) is 1. The molecule has 0 bridgehead atoms. The molecule has 0 saturated carbocycles. The Morgan fingerprint density at radius 3 is 2.62 bits per heavy atom. The Labute approximate surface area is 125 Å². The molecular weight excluding hydrogens is 264 g/mol. The van der Waals surface area contributed by atoms with Gasteiger partial charge in [0.15, 0.2) is 0 Å². The van der Waals surface area contributed by atoms with Gasteiger partial charge in [-0.15, -0.1) is 0 Å². The van der Waals surface area contributed by atoms with Crippen LogP contribution in [-0.2, 0) is 11.2 Å². The first-order chi connectivity index (χ1) is 10.2. The third kappa shape index (κ3) is 4.60. The van der Waals surface area contributed by atoms with Gasteiger partial charge in [0.2, 0.25) is 5.91 Å². The van der Waals surface area contributed by atoms with Crippen molar-refractivity contribution in [2.24, 2.45) is 0 Å². The van der Waals surface area contributed by atoms with E-state index in [0.29, 0.717) is 12.8 Å². The summed E-state index contributed by atoms with van der Waals surface area (Å²) in [5.74, 6) is 0.857. The second-order valence-corrected chi connectivity index (χ2v) is 4.89. The molecule has 2 rings (SSSR count). The van der Waals surface area contributed by atoms with Gasteiger partial charge in [-0.2, -0.15) is 0 Å². The van der Waals surface area contributed by atoms with Crippen molar-refractivity contribution in [1.29, 1.82) is 0 Å². The number of carbonyl (C=O) groups excluding carboxylic acids is 1. The largest absolute Gasteiger partial charge is 0.497 e. The number of methoxy groups -OCH3 is 1. The van der Waals surface area contributed by atoms with Gasteiger partial charge in [0.1, 0.15) is 5.75 Å². The number of ether oxygens (including phenoxy) is 1. The Kier molecular flexibility index (Phi) is 5.32. The molecular formula is C17H20N2O2. The Balaban J connectivity index is 1.81. The van der Waals surface area contributed by atoms with Crippen LogP contribution in [0.5, 0.6) is 5.75 Å². The van der Waals surface area contributed by atoms with Gasteiger partial charge in [-0.25, -0.2) is 0 Å². The first kappa shape index (κ1) is 15.0. The van der Waals surface area contributed by atoms with E-state index >= 15 is 0 Å². The highest BCUT2D eigenvalue weighted by Crippen LogP contribution is 2.13. The molecule has 1 heterocycles. The lowest BCUT2D eigenvalue weighted by Crippen LogP contribution is -2.27. The van der Waals surface area contributed by atoms with Crippen molar-refractivity contribution >= 4 is 5.91 Å². The monoisotopic (exact) mass is 284 g/mol. The smallest absolute Gasteiger partial charge is 0.220 e. The number of pyridine rings is 1.